The molecule has 4 rings (SSSR count). The molecular weight excluding hydrogens is 282 g/mol. The van der Waals surface area contributed by atoms with Crippen molar-refractivity contribution in [2.75, 3.05) is 0 Å². The fraction of sp³-hybridized carbons (Fsp3) is 0.188. The third kappa shape index (κ3) is 2.29. The van der Waals surface area contributed by atoms with E-state index >= 15 is 0 Å². The monoisotopic (exact) mass is 295 g/mol. The number of hydrogen-bond acceptors (Lipinski definition) is 4. The number of aromatic nitrogens is 3. The van der Waals surface area contributed by atoms with Crippen molar-refractivity contribution >= 4 is 17.2 Å². The number of carbonyl (C=O) groups is 1. The Kier molecular flexibility index (Phi) is 2.93. The molecule has 2 heterocycles. The molecule has 1 aliphatic carbocycles. The second kappa shape index (κ2) is 4.93. The highest BCUT2D eigenvalue weighted by Crippen LogP contribution is 2.33. The third-order valence-electron chi connectivity index (χ3n) is 3.57. The van der Waals surface area contributed by atoms with Crippen LogP contribution in [0.3, 0.4) is 0 Å². The molecule has 0 radical (unpaired) electrons. The second-order valence-corrected chi connectivity index (χ2v) is 6.00. The summed E-state index contributed by atoms with van der Waals surface area (Å²) in [7, 11) is 0. The summed E-state index contributed by atoms with van der Waals surface area (Å²) in [5.74, 6) is 0.236. The first-order valence-electron chi connectivity index (χ1n) is 6.92. The minimum absolute atomic E-state index is 0.0873. The molecule has 0 amide bonds. The van der Waals surface area contributed by atoms with Gasteiger partial charge in [-0.25, -0.2) is 4.98 Å². The molecule has 0 unspecified atom stereocenters. The Morgan fingerprint density at radius 3 is 2.76 bits per heavy atom. The van der Waals surface area contributed by atoms with Gasteiger partial charge < -0.3 is 0 Å². The van der Waals surface area contributed by atoms with Gasteiger partial charge in [0.05, 0.1) is 11.9 Å². The van der Waals surface area contributed by atoms with Crippen molar-refractivity contribution < 1.29 is 4.79 Å². The van der Waals surface area contributed by atoms with Gasteiger partial charge >= 0.3 is 0 Å². The molecule has 1 aromatic carbocycles. The molecule has 1 aliphatic rings. The van der Waals surface area contributed by atoms with Crippen LogP contribution in [0.2, 0.25) is 0 Å². The van der Waals surface area contributed by atoms with E-state index in [9.17, 15) is 4.79 Å². The van der Waals surface area contributed by atoms with Crippen LogP contribution >= 0.6 is 11.3 Å². The van der Waals surface area contributed by atoms with E-state index in [4.69, 9.17) is 0 Å². The normalized spacial score (nSPS) is 14.3. The van der Waals surface area contributed by atoms with Gasteiger partial charge in [0.2, 0.25) is 0 Å². The summed E-state index contributed by atoms with van der Waals surface area (Å²) in [6, 6.07) is 11.9. The average molecular weight is 295 g/mol. The Morgan fingerprint density at radius 1 is 1.19 bits per heavy atom. The SMILES string of the molecule is O=C(C1CC1)n1nccc1-c1csc(-c2ccccc2)n1. The molecule has 1 fully saturated rings. The Morgan fingerprint density at radius 2 is 2.00 bits per heavy atom. The van der Waals surface area contributed by atoms with Crippen LogP contribution in [0.25, 0.3) is 22.0 Å². The molecule has 4 nitrogen and oxygen atoms in total. The van der Waals surface area contributed by atoms with E-state index in [-0.39, 0.29) is 11.8 Å². The van der Waals surface area contributed by atoms with Gasteiger partial charge in [-0.3, -0.25) is 4.79 Å². The van der Waals surface area contributed by atoms with Crippen molar-refractivity contribution in [3.05, 3.63) is 48.0 Å². The summed E-state index contributed by atoms with van der Waals surface area (Å²) in [5.41, 5.74) is 2.68. The number of carbonyl (C=O) groups excluding carboxylic acids is 1. The second-order valence-electron chi connectivity index (χ2n) is 5.14. The van der Waals surface area contributed by atoms with Crippen LogP contribution in [0.4, 0.5) is 0 Å². The fourth-order valence-corrected chi connectivity index (χ4v) is 3.10. The van der Waals surface area contributed by atoms with E-state index in [0.717, 1.165) is 34.8 Å². The first-order valence-corrected chi connectivity index (χ1v) is 7.80. The number of nitrogens with zero attached hydrogens (tertiary/aromatic N) is 3. The zero-order valence-corrected chi connectivity index (χ0v) is 12.1. The van der Waals surface area contributed by atoms with E-state index in [1.54, 1.807) is 17.5 Å². The maximum absolute atomic E-state index is 12.2. The Hall–Kier alpha value is -2.27. The van der Waals surface area contributed by atoms with Gasteiger partial charge in [-0.05, 0) is 18.9 Å². The molecule has 0 N–H and O–H groups in total. The standard InChI is InChI=1S/C16H13N3OS/c20-16(12-6-7-12)19-14(8-9-17-19)13-10-21-15(18-13)11-4-2-1-3-5-11/h1-5,8-10,12H,6-7H2. The molecule has 2 aromatic heterocycles. The molecule has 5 heteroatoms. The zero-order valence-electron chi connectivity index (χ0n) is 11.3. The first kappa shape index (κ1) is 12.5. The Labute approximate surface area is 126 Å². The van der Waals surface area contributed by atoms with Gasteiger partial charge in [-0.15, -0.1) is 11.3 Å². The van der Waals surface area contributed by atoms with E-state index in [2.05, 4.69) is 10.1 Å². The number of benzene rings is 1. The highest BCUT2D eigenvalue weighted by atomic mass is 32.1. The molecule has 0 bridgehead atoms. The summed E-state index contributed by atoms with van der Waals surface area (Å²) < 4.78 is 1.50. The molecule has 0 atom stereocenters. The maximum Gasteiger partial charge on any atom is 0.250 e. The van der Waals surface area contributed by atoms with Gasteiger partial charge in [0.1, 0.15) is 10.7 Å². The lowest BCUT2D eigenvalue weighted by molar-refractivity contribution is 0.0872. The van der Waals surface area contributed by atoms with Crippen LogP contribution in [0, 0.1) is 5.92 Å². The molecular formula is C16H13N3OS. The van der Waals surface area contributed by atoms with Crippen LogP contribution in [0.15, 0.2) is 48.0 Å². The molecule has 21 heavy (non-hydrogen) atoms. The Bertz CT molecular complexity index is 787. The van der Waals surface area contributed by atoms with Crippen LogP contribution in [-0.2, 0) is 0 Å². The summed E-state index contributed by atoms with van der Waals surface area (Å²) >= 11 is 1.58. The fourth-order valence-electron chi connectivity index (χ4n) is 2.28. The average Bonchev–Trinajstić information content (AvgIpc) is 3.07. The molecule has 104 valence electrons. The minimum atomic E-state index is 0.0873. The van der Waals surface area contributed by atoms with Crippen molar-refractivity contribution in [2.24, 2.45) is 5.92 Å². The van der Waals surface area contributed by atoms with E-state index in [1.807, 2.05) is 41.8 Å². The van der Waals surface area contributed by atoms with Crippen molar-refractivity contribution in [1.29, 1.82) is 0 Å². The zero-order chi connectivity index (χ0) is 14.2. The predicted molar refractivity (Wildman–Crippen MR) is 82.1 cm³/mol. The van der Waals surface area contributed by atoms with Crippen molar-refractivity contribution in [2.45, 2.75) is 12.8 Å². The maximum atomic E-state index is 12.2. The van der Waals surface area contributed by atoms with Crippen LogP contribution in [0.5, 0.6) is 0 Å². The van der Waals surface area contributed by atoms with Crippen molar-refractivity contribution in [3.63, 3.8) is 0 Å². The minimum Gasteiger partial charge on any atom is -0.272 e. The van der Waals surface area contributed by atoms with Gasteiger partial charge in [0, 0.05) is 16.9 Å². The van der Waals surface area contributed by atoms with Gasteiger partial charge in [0.15, 0.2) is 0 Å². The lowest BCUT2D eigenvalue weighted by Crippen LogP contribution is -2.15. The molecule has 0 saturated heterocycles. The number of rotatable bonds is 3. The van der Waals surface area contributed by atoms with E-state index < -0.39 is 0 Å². The summed E-state index contributed by atoms with van der Waals surface area (Å²) in [6.07, 6.45) is 3.62. The van der Waals surface area contributed by atoms with E-state index in [0.29, 0.717) is 0 Å². The predicted octanol–water partition coefficient (Wildman–Crippen LogP) is 3.72. The lowest BCUT2D eigenvalue weighted by atomic mass is 10.2. The quantitative estimate of drug-likeness (QED) is 0.740. The number of hydrogen-bond donors (Lipinski definition) is 0. The largest absolute Gasteiger partial charge is 0.272 e. The van der Waals surface area contributed by atoms with Crippen LogP contribution in [-0.4, -0.2) is 20.7 Å². The molecule has 0 spiro atoms. The highest BCUT2D eigenvalue weighted by Gasteiger charge is 2.32. The summed E-state index contributed by atoms with van der Waals surface area (Å²) in [5, 5.41) is 7.11. The van der Waals surface area contributed by atoms with Crippen molar-refractivity contribution in [3.8, 4) is 22.0 Å². The molecule has 1 saturated carbocycles. The topological polar surface area (TPSA) is 47.8 Å². The third-order valence-corrected chi connectivity index (χ3v) is 4.46. The van der Waals surface area contributed by atoms with Gasteiger partial charge in [-0.1, -0.05) is 30.3 Å². The van der Waals surface area contributed by atoms with Crippen LogP contribution < -0.4 is 0 Å². The lowest BCUT2D eigenvalue weighted by Gasteiger charge is -2.02. The Balaban J connectivity index is 1.70. The first-order chi connectivity index (χ1) is 10.3. The van der Waals surface area contributed by atoms with Crippen LogP contribution in [0.1, 0.15) is 17.6 Å². The molecule has 3 aromatic rings. The van der Waals surface area contributed by atoms with Gasteiger partial charge in [-0.2, -0.15) is 9.78 Å². The van der Waals surface area contributed by atoms with Gasteiger partial charge in [0.25, 0.3) is 5.91 Å². The summed E-state index contributed by atoms with van der Waals surface area (Å²) in [6.45, 7) is 0. The van der Waals surface area contributed by atoms with Crippen molar-refractivity contribution in [1.82, 2.24) is 14.8 Å². The number of thiazole rings is 1. The summed E-state index contributed by atoms with van der Waals surface area (Å²) in [4.78, 5) is 16.9. The van der Waals surface area contributed by atoms with E-state index in [1.165, 1.54) is 4.68 Å². The molecule has 0 aliphatic heterocycles. The highest BCUT2D eigenvalue weighted by molar-refractivity contribution is 7.13. The smallest absolute Gasteiger partial charge is 0.250 e.